The van der Waals surface area contributed by atoms with Gasteiger partial charge in [0.25, 0.3) is 0 Å². The first kappa shape index (κ1) is 25.7. The molecule has 1 heterocycles. The molecule has 2 aromatic rings. The summed E-state index contributed by atoms with van der Waals surface area (Å²) in [6, 6.07) is 15.3. The van der Waals surface area contributed by atoms with Crippen molar-refractivity contribution in [3.63, 3.8) is 0 Å². The third-order valence-electron chi connectivity index (χ3n) is 5.23. The number of carbonyl (C=O) groups is 1. The summed E-state index contributed by atoms with van der Waals surface area (Å²) in [5.74, 6) is 2.33. The highest BCUT2D eigenvalue weighted by Gasteiger charge is 2.21. The van der Waals surface area contributed by atoms with Crippen molar-refractivity contribution in [1.29, 1.82) is 0 Å². The van der Waals surface area contributed by atoms with Crippen molar-refractivity contribution in [3.8, 4) is 11.5 Å². The Morgan fingerprint density at radius 2 is 1.75 bits per heavy atom. The number of nitrogens with one attached hydrogen (secondary N) is 2. The van der Waals surface area contributed by atoms with Gasteiger partial charge in [0.2, 0.25) is 5.91 Å². The Hall–Kier alpha value is -2.53. The molecule has 0 unspecified atom stereocenters. The van der Waals surface area contributed by atoms with Crippen LogP contribution >= 0.6 is 24.0 Å². The summed E-state index contributed by atoms with van der Waals surface area (Å²) >= 11 is 0. The number of ether oxygens (including phenoxy) is 2. The Balaban J connectivity index is 0.00000363. The Morgan fingerprint density at radius 1 is 1.03 bits per heavy atom. The van der Waals surface area contributed by atoms with E-state index in [1.165, 1.54) is 0 Å². The first-order valence-electron chi connectivity index (χ1n) is 10.4. The molecule has 1 saturated heterocycles. The molecule has 0 saturated carbocycles. The van der Waals surface area contributed by atoms with Gasteiger partial charge in [0.1, 0.15) is 11.5 Å². The number of methoxy groups -OCH3 is 2. The lowest BCUT2D eigenvalue weighted by atomic mass is 10.1. The van der Waals surface area contributed by atoms with E-state index in [0.717, 1.165) is 61.4 Å². The highest BCUT2D eigenvalue weighted by atomic mass is 127. The van der Waals surface area contributed by atoms with E-state index in [2.05, 4.69) is 25.4 Å². The van der Waals surface area contributed by atoms with Crippen LogP contribution in [0.15, 0.2) is 53.5 Å². The third-order valence-corrected chi connectivity index (χ3v) is 5.23. The van der Waals surface area contributed by atoms with Gasteiger partial charge in [-0.25, -0.2) is 0 Å². The molecule has 174 valence electrons. The van der Waals surface area contributed by atoms with Crippen LogP contribution in [0.25, 0.3) is 0 Å². The van der Waals surface area contributed by atoms with Crippen molar-refractivity contribution in [2.24, 2.45) is 4.99 Å². The summed E-state index contributed by atoms with van der Waals surface area (Å²) in [6.45, 7) is 4.38. The maximum Gasteiger partial charge on any atom is 0.243 e. The molecule has 0 atom stereocenters. The van der Waals surface area contributed by atoms with E-state index in [9.17, 15) is 4.79 Å². The highest BCUT2D eigenvalue weighted by Crippen LogP contribution is 2.25. The highest BCUT2D eigenvalue weighted by molar-refractivity contribution is 14.0. The van der Waals surface area contributed by atoms with E-state index in [1.807, 2.05) is 48.5 Å². The second kappa shape index (κ2) is 13.1. The summed E-state index contributed by atoms with van der Waals surface area (Å²) in [5, 5.41) is 6.04. The summed E-state index contributed by atoms with van der Waals surface area (Å²) < 4.78 is 10.9. The van der Waals surface area contributed by atoms with Crippen LogP contribution in [0, 0.1) is 0 Å². The van der Waals surface area contributed by atoms with Crippen molar-refractivity contribution in [2.75, 3.05) is 59.3 Å². The molecule has 8 nitrogen and oxygen atoms in total. The van der Waals surface area contributed by atoms with E-state index in [0.29, 0.717) is 0 Å². The molecule has 32 heavy (non-hydrogen) atoms. The fourth-order valence-electron chi connectivity index (χ4n) is 3.58. The lowest BCUT2D eigenvalue weighted by Crippen LogP contribution is -2.53. The number of halogens is 1. The topological polar surface area (TPSA) is 78.4 Å². The third kappa shape index (κ3) is 7.27. The molecule has 0 aliphatic carbocycles. The van der Waals surface area contributed by atoms with Crippen LogP contribution in [-0.2, 0) is 11.3 Å². The number of rotatable bonds is 7. The standard InChI is InChI=1S/C23H31N5O3.HI/c1-24-23(25-16-22(29)26-19-7-5-4-6-8-19)28-13-11-27(12-14-28)17-18-15-20(30-2)9-10-21(18)31-3;/h4-10,15H,11-14,16-17H2,1-3H3,(H,24,25)(H,26,29);1H. The normalized spacial score (nSPS) is 14.3. The van der Waals surface area contributed by atoms with E-state index in [-0.39, 0.29) is 36.4 Å². The summed E-state index contributed by atoms with van der Waals surface area (Å²) in [6.07, 6.45) is 0. The predicted molar refractivity (Wildman–Crippen MR) is 138 cm³/mol. The maximum absolute atomic E-state index is 12.2. The van der Waals surface area contributed by atoms with Crippen LogP contribution in [0.1, 0.15) is 5.56 Å². The van der Waals surface area contributed by atoms with Crippen molar-refractivity contribution in [1.82, 2.24) is 15.1 Å². The van der Waals surface area contributed by atoms with Crippen LogP contribution in [0.3, 0.4) is 0 Å². The van der Waals surface area contributed by atoms with Gasteiger partial charge in [-0.3, -0.25) is 14.7 Å². The summed E-state index contributed by atoms with van der Waals surface area (Å²) in [5.41, 5.74) is 1.89. The second-order valence-electron chi connectivity index (χ2n) is 7.26. The fourth-order valence-corrected chi connectivity index (χ4v) is 3.58. The van der Waals surface area contributed by atoms with Gasteiger partial charge in [-0.1, -0.05) is 18.2 Å². The lowest BCUT2D eigenvalue weighted by Gasteiger charge is -2.36. The molecule has 0 spiro atoms. The lowest BCUT2D eigenvalue weighted by molar-refractivity contribution is -0.115. The second-order valence-corrected chi connectivity index (χ2v) is 7.26. The number of nitrogens with zero attached hydrogens (tertiary/aromatic N) is 3. The number of guanidine groups is 1. The maximum atomic E-state index is 12.2. The average Bonchev–Trinajstić information content (AvgIpc) is 2.81. The number of amides is 1. The molecular formula is C23H32IN5O3. The van der Waals surface area contributed by atoms with Gasteiger partial charge >= 0.3 is 0 Å². The minimum absolute atomic E-state index is 0. The Kier molecular flexibility index (Phi) is 10.5. The molecule has 1 aliphatic heterocycles. The van der Waals surface area contributed by atoms with Crippen molar-refractivity contribution in [3.05, 3.63) is 54.1 Å². The molecule has 9 heteroatoms. The predicted octanol–water partition coefficient (Wildman–Crippen LogP) is 2.65. The number of para-hydroxylation sites is 1. The Bertz CT molecular complexity index is 886. The fraction of sp³-hybridized carbons (Fsp3) is 0.391. The van der Waals surface area contributed by atoms with Gasteiger partial charge in [-0.15, -0.1) is 24.0 Å². The number of piperazine rings is 1. The smallest absolute Gasteiger partial charge is 0.243 e. The number of benzene rings is 2. The minimum Gasteiger partial charge on any atom is -0.497 e. The Labute approximate surface area is 207 Å². The zero-order chi connectivity index (χ0) is 22.1. The van der Waals surface area contributed by atoms with Crippen molar-refractivity contribution in [2.45, 2.75) is 6.54 Å². The van der Waals surface area contributed by atoms with Gasteiger partial charge in [-0.05, 0) is 30.3 Å². The van der Waals surface area contributed by atoms with Crippen LogP contribution in [0.5, 0.6) is 11.5 Å². The number of hydrogen-bond donors (Lipinski definition) is 2. The summed E-state index contributed by atoms with van der Waals surface area (Å²) in [4.78, 5) is 21.1. The van der Waals surface area contributed by atoms with Crippen LogP contribution in [0.4, 0.5) is 5.69 Å². The summed E-state index contributed by atoms with van der Waals surface area (Å²) in [7, 11) is 5.10. The van der Waals surface area contributed by atoms with E-state index >= 15 is 0 Å². The minimum atomic E-state index is -0.101. The van der Waals surface area contributed by atoms with E-state index in [4.69, 9.17) is 9.47 Å². The molecule has 0 aromatic heterocycles. The molecule has 0 bridgehead atoms. The molecule has 1 fully saturated rings. The molecule has 3 rings (SSSR count). The van der Waals surface area contributed by atoms with Gasteiger partial charge in [-0.2, -0.15) is 0 Å². The zero-order valence-electron chi connectivity index (χ0n) is 18.8. The van der Waals surface area contributed by atoms with Crippen LogP contribution in [0.2, 0.25) is 0 Å². The van der Waals surface area contributed by atoms with Crippen LogP contribution < -0.4 is 20.1 Å². The van der Waals surface area contributed by atoms with E-state index in [1.54, 1.807) is 21.3 Å². The molecule has 2 N–H and O–H groups in total. The molecule has 1 amide bonds. The van der Waals surface area contributed by atoms with Gasteiger partial charge in [0.15, 0.2) is 5.96 Å². The van der Waals surface area contributed by atoms with Crippen molar-refractivity contribution < 1.29 is 14.3 Å². The first-order valence-corrected chi connectivity index (χ1v) is 10.4. The molecular weight excluding hydrogens is 521 g/mol. The number of carbonyl (C=O) groups excluding carboxylic acids is 1. The first-order chi connectivity index (χ1) is 15.1. The Morgan fingerprint density at radius 3 is 2.38 bits per heavy atom. The van der Waals surface area contributed by atoms with Crippen LogP contribution in [-0.4, -0.2) is 75.7 Å². The van der Waals surface area contributed by atoms with E-state index < -0.39 is 0 Å². The molecule has 2 aromatic carbocycles. The monoisotopic (exact) mass is 553 g/mol. The van der Waals surface area contributed by atoms with Gasteiger partial charge in [0.05, 0.1) is 20.8 Å². The van der Waals surface area contributed by atoms with Gasteiger partial charge < -0.3 is 25.0 Å². The van der Waals surface area contributed by atoms with Gasteiger partial charge in [0, 0.05) is 51.0 Å². The number of hydrogen-bond acceptors (Lipinski definition) is 5. The molecule has 0 radical (unpaired) electrons. The average molecular weight is 553 g/mol. The number of anilines is 1. The molecule has 1 aliphatic rings. The quantitative estimate of drug-likeness (QED) is 0.312. The van der Waals surface area contributed by atoms with Crippen molar-refractivity contribution >= 4 is 41.5 Å². The largest absolute Gasteiger partial charge is 0.497 e. The SMILES string of the molecule is CN=C(NCC(=O)Nc1ccccc1)N1CCN(Cc2cc(OC)ccc2OC)CC1.I. The zero-order valence-corrected chi connectivity index (χ0v) is 21.2. The number of aliphatic imine (C=N–C) groups is 1.